The van der Waals surface area contributed by atoms with Crippen molar-refractivity contribution in [1.82, 2.24) is 0 Å². The van der Waals surface area contributed by atoms with Crippen molar-refractivity contribution in [1.29, 1.82) is 0 Å². The molecule has 3 unspecified atom stereocenters. The van der Waals surface area contributed by atoms with Crippen LogP contribution in [0.25, 0.3) is 0 Å². The first-order chi connectivity index (χ1) is 38.2. The molecular formula is C66H107O11P. The van der Waals surface area contributed by atoms with E-state index in [0.29, 0.717) is 19.3 Å². The van der Waals surface area contributed by atoms with Gasteiger partial charge in [-0.15, -0.1) is 0 Å². The molecule has 0 saturated heterocycles. The summed E-state index contributed by atoms with van der Waals surface area (Å²) in [5.74, 6) is -1.56. The third-order valence-electron chi connectivity index (χ3n) is 12.0. The monoisotopic (exact) mass is 1110 g/mol. The molecule has 0 aromatic rings. The average molecular weight is 1110 g/mol. The van der Waals surface area contributed by atoms with Crippen LogP contribution < -0.4 is 0 Å². The van der Waals surface area contributed by atoms with Gasteiger partial charge in [0.1, 0.15) is 12.7 Å². The number of hydrogen-bond acceptors (Lipinski definition) is 10. The molecule has 0 bridgehead atoms. The minimum Gasteiger partial charge on any atom is -0.462 e. The zero-order valence-electron chi connectivity index (χ0n) is 48.8. The lowest BCUT2D eigenvalue weighted by Crippen LogP contribution is -2.30. The van der Waals surface area contributed by atoms with Gasteiger partial charge in [0.2, 0.25) is 0 Å². The van der Waals surface area contributed by atoms with Crippen molar-refractivity contribution >= 4 is 25.7 Å². The number of esters is 3. The van der Waals surface area contributed by atoms with Crippen LogP contribution in [0.4, 0.5) is 0 Å². The van der Waals surface area contributed by atoms with Crippen LogP contribution in [-0.2, 0) is 42.2 Å². The Kier molecular flexibility index (Phi) is 55.5. The zero-order valence-corrected chi connectivity index (χ0v) is 49.7. The summed E-state index contributed by atoms with van der Waals surface area (Å²) in [6.07, 6.45) is 74.1. The van der Waals surface area contributed by atoms with Crippen molar-refractivity contribution in [3.8, 4) is 0 Å². The highest BCUT2D eigenvalue weighted by atomic mass is 31.2. The number of unbranched alkanes of at least 4 members (excludes halogenated alkanes) is 15. The first-order valence-corrected chi connectivity index (χ1v) is 31.6. The van der Waals surface area contributed by atoms with E-state index in [1.54, 1.807) is 0 Å². The third kappa shape index (κ3) is 56.3. The minimum atomic E-state index is -4.78. The average Bonchev–Trinajstić information content (AvgIpc) is 3.43. The molecule has 0 saturated carbocycles. The van der Waals surface area contributed by atoms with E-state index in [9.17, 15) is 28.9 Å². The molecule has 3 atom stereocenters. The molecule has 0 rings (SSSR count). The number of aliphatic hydroxyl groups excluding tert-OH is 1. The fourth-order valence-electron chi connectivity index (χ4n) is 7.52. The molecule has 0 aromatic carbocycles. The van der Waals surface area contributed by atoms with Gasteiger partial charge in [0.15, 0.2) is 6.10 Å². The fraction of sp³-hybridized carbons (Fsp3) is 0.621. The molecule has 0 radical (unpaired) electrons. The Labute approximate surface area is 474 Å². The van der Waals surface area contributed by atoms with Crippen LogP contribution in [-0.4, -0.2) is 66.5 Å². The van der Waals surface area contributed by atoms with Crippen molar-refractivity contribution in [2.24, 2.45) is 0 Å². The molecule has 0 amide bonds. The van der Waals surface area contributed by atoms with Crippen molar-refractivity contribution in [3.05, 3.63) is 134 Å². The molecule has 2 N–H and O–H groups in total. The van der Waals surface area contributed by atoms with Crippen LogP contribution in [0, 0.1) is 0 Å². The number of phosphoric acid groups is 1. The predicted molar refractivity (Wildman–Crippen MR) is 325 cm³/mol. The highest BCUT2D eigenvalue weighted by Crippen LogP contribution is 2.43. The first kappa shape index (κ1) is 73.6. The van der Waals surface area contributed by atoms with Crippen molar-refractivity contribution in [2.45, 2.75) is 238 Å². The molecule has 0 aliphatic carbocycles. The highest BCUT2D eigenvalue weighted by Gasteiger charge is 2.28. The molecular weight excluding hydrogens is 1000 g/mol. The summed E-state index contributed by atoms with van der Waals surface area (Å²) in [4.78, 5) is 48.6. The molecule has 0 heterocycles. The number of allylic oxidation sites excluding steroid dienone is 22. The maximum absolute atomic E-state index is 12.9. The Morgan fingerprint density at radius 1 is 0.372 bits per heavy atom. The van der Waals surface area contributed by atoms with Gasteiger partial charge in [0.05, 0.1) is 19.8 Å². The lowest BCUT2D eigenvalue weighted by Gasteiger charge is -2.21. The summed E-state index contributed by atoms with van der Waals surface area (Å²) in [7, 11) is -4.78. The Hall–Kier alpha value is -4.38. The summed E-state index contributed by atoms with van der Waals surface area (Å²) in [5.41, 5.74) is 0. The SMILES string of the molecule is CC/C=C\C/C=C\C/C=C\C/C=C\CCCCCCC(=O)OC(COC(=O)CCCCCCCC/C=C\C/C=C\C/C=C\CCCCC)COP(=O)(O)OCC(CO)OC(=O)CCCC/C=C\C/C=C\C/C=C\C/C=C\CC. The van der Waals surface area contributed by atoms with Crippen LogP contribution in [0.2, 0.25) is 0 Å². The maximum Gasteiger partial charge on any atom is 0.472 e. The van der Waals surface area contributed by atoms with Crippen LogP contribution >= 0.6 is 7.82 Å². The summed E-state index contributed by atoms with van der Waals surface area (Å²) in [6, 6.07) is 0. The molecule has 12 heteroatoms. The number of carbonyl (C=O) groups is 3. The van der Waals surface area contributed by atoms with E-state index in [1.165, 1.54) is 25.7 Å². The van der Waals surface area contributed by atoms with E-state index >= 15 is 0 Å². The Balaban J connectivity index is 4.84. The predicted octanol–water partition coefficient (Wildman–Crippen LogP) is 18.1. The lowest BCUT2D eigenvalue weighted by atomic mass is 10.1. The lowest BCUT2D eigenvalue weighted by molar-refractivity contribution is -0.161. The summed E-state index contributed by atoms with van der Waals surface area (Å²) in [6.45, 7) is 4.29. The minimum absolute atomic E-state index is 0.115. The van der Waals surface area contributed by atoms with E-state index in [1.807, 2.05) is 0 Å². The molecule has 0 fully saturated rings. The van der Waals surface area contributed by atoms with Gasteiger partial charge in [-0.1, -0.05) is 206 Å². The molecule has 0 spiro atoms. The van der Waals surface area contributed by atoms with Gasteiger partial charge in [-0.2, -0.15) is 0 Å². The summed E-state index contributed by atoms with van der Waals surface area (Å²) < 4.78 is 39.5. The van der Waals surface area contributed by atoms with Crippen molar-refractivity contribution < 1.29 is 52.2 Å². The number of carbonyl (C=O) groups excluding carboxylic acids is 3. The largest absolute Gasteiger partial charge is 0.472 e. The quantitative estimate of drug-likeness (QED) is 0.0197. The van der Waals surface area contributed by atoms with Gasteiger partial charge in [-0.05, 0) is 135 Å². The molecule has 11 nitrogen and oxygen atoms in total. The van der Waals surface area contributed by atoms with Gasteiger partial charge in [-0.25, -0.2) is 4.57 Å². The fourth-order valence-corrected chi connectivity index (χ4v) is 8.30. The second-order valence-electron chi connectivity index (χ2n) is 19.4. The first-order valence-electron chi connectivity index (χ1n) is 30.1. The Morgan fingerprint density at radius 2 is 0.667 bits per heavy atom. The summed E-state index contributed by atoms with van der Waals surface area (Å²) in [5, 5.41) is 9.82. The smallest absolute Gasteiger partial charge is 0.462 e. The van der Waals surface area contributed by atoms with Crippen LogP contribution in [0.1, 0.15) is 226 Å². The number of ether oxygens (including phenoxy) is 3. The second-order valence-corrected chi connectivity index (χ2v) is 20.8. The maximum atomic E-state index is 12.9. The molecule has 0 aliphatic heterocycles. The zero-order chi connectivity index (χ0) is 56.9. The Morgan fingerprint density at radius 3 is 1.05 bits per heavy atom. The summed E-state index contributed by atoms with van der Waals surface area (Å²) >= 11 is 0. The highest BCUT2D eigenvalue weighted by molar-refractivity contribution is 7.47. The van der Waals surface area contributed by atoms with Crippen molar-refractivity contribution in [2.75, 3.05) is 26.4 Å². The number of phosphoric ester groups is 1. The van der Waals surface area contributed by atoms with Crippen LogP contribution in [0.3, 0.4) is 0 Å². The van der Waals surface area contributed by atoms with Gasteiger partial charge in [0, 0.05) is 19.3 Å². The number of rotatable bonds is 54. The van der Waals surface area contributed by atoms with Gasteiger partial charge < -0.3 is 24.2 Å². The van der Waals surface area contributed by atoms with E-state index in [4.69, 9.17) is 23.3 Å². The van der Waals surface area contributed by atoms with E-state index < -0.39 is 57.8 Å². The van der Waals surface area contributed by atoms with Crippen LogP contribution in [0.15, 0.2) is 134 Å². The normalized spacial score (nSPS) is 14.3. The van der Waals surface area contributed by atoms with Gasteiger partial charge in [0.25, 0.3) is 0 Å². The second kappa shape index (κ2) is 58.8. The Bertz CT molecular complexity index is 1820. The van der Waals surface area contributed by atoms with Gasteiger partial charge in [-0.3, -0.25) is 23.4 Å². The molecule has 0 aromatic heterocycles. The number of hydrogen-bond donors (Lipinski definition) is 2. The van der Waals surface area contributed by atoms with Crippen molar-refractivity contribution in [3.63, 3.8) is 0 Å². The standard InChI is InChI=1S/C66H107O11P/c1-4-7-10-13-16-19-22-25-28-30-31-33-35-37-40-43-46-49-52-55-64(68)73-59-63(77-66(70)57-54-51-48-45-42-39-36-32-29-26-23-20-17-14-11-8-5-2)61-75-78(71,72)74-60-62(58-67)76-65(69)56-53-50-47-44-41-38-34-27-24-21-18-15-12-9-6-3/h8-9,11-12,16-21,25-29,31,33-34,36,39,41,44,62-63,67H,4-7,10,13-15,22-24,30,32,35,37-38,40,42-43,45-61H2,1-3H3,(H,71,72)/b11-8-,12-9-,19-16-,20-17-,21-18-,28-25-,29-26-,33-31-,34-27-,39-36-,44-41-. The number of aliphatic hydroxyl groups is 1. The topological polar surface area (TPSA) is 155 Å². The van der Waals surface area contributed by atoms with E-state index in [0.717, 1.165) is 141 Å². The van der Waals surface area contributed by atoms with E-state index in [2.05, 4.69) is 154 Å². The molecule has 0 aliphatic rings. The van der Waals surface area contributed by atoms with Crippen LogP contribution in [0.5, 0.6) is 0 Å². The van der Waals surface area contributed by atoms with Gasteiger partial charge >= 0.3 is 25.7 Å². The molecule has 442 valence electrons. The van der Waals surface area contributed by atoms with E-state index in [-0.39, 0.29) is 25.9 Å². The third-order valence-corrected chi connectivity index (χ3v) is 13.0. The molecule has 78 heavy (non-hydrogen) atoms.